The Kier molecular flexibility index (Phi) is 3.34. The van der Waals surface area contributed by atoms with Crippen LogP contribution in [-0.4, -0.2) is 37.0 Å². The first-order valence-electron chi connectivity index (χ1n) is 5.42. The van der Waals surface area contributed by atoms with E-state index in [0.29, 0.717) is 0 Å². The molecule has 0 bridgehead atoms. The molecule has 0 N–H and O–H groups in total. The van der Waals surface area contributed by atoms with Crippen molar-refractivity contribution in [3.63, 3.8) is 0 Å². The molecule has 1 amide bonds. The zero-order valence-electron chi connectivity index (χ0n) is 9.27. The van der Waals surface area contributed by atoms with Crippen molar-refractivity contribution in [2.75, 3.05) is 24.5 Å². The van der Waals surface area contributed by atoms with Gasteiger partial charge in [0.2, 0.25) is 6.41 Å². The Bertz CT molecular complexity index is 366. The van der Waals surface area contributed by atoms with Crippen LogP contribution in [0.1, 0.15) is 6.92 Å². The maximum atomic E-state index is 10.7. The minimum Gasteiger partial charge on any atom is -0.368 e. The lowest BCUT2D eigenvalue weighted by atomic mass is 10.2. The predicted octanol–water partition coefficient (Wildman–Crippen LogP) is 2.01. The summed E-state index contributed by atoms with van der Waals surface area (Å²) in [7, 11) is 0. The summed E-state index contributed by atoms with van der Waals surface area (Å²) in [5.41, 5.74) is 1.17. The van der Waals surface area contributed by atoms with Crippen molar-refractivity contribution in [2.24, 2.45) is 0 Å². The number of carbonyl (C=O) groups excluding carboxylic acids is 1. The van der Waals surface area contributed by atoms with Gasteiger partial charge in [0, 0.05) is 36.4 Å². The minimum atomic E-state index is 0.266. The molecule has 2 rings (SSSR count). The highest BCUT2D eigenvalue weighted by molar-refractivity contribution is 6.30. The smallest absolute Gasteiger partial charge is 0.210 e. The maximum Gasteiger partial charge on any atom is 0.210 e. The predicted molar refractivity (Wildman–Crippen MR) is 65.9 cm³/mol. The first-order chi connectivity index (χ1) is 7.70. The van der Waals surface area contributed by atoms with E-state index in [1.54, 1.807) is 0 Å². The number of rotatable bonds is 2. The van der Waals surface area contributed by atoms with Crippen LogP contribution >= 0.6 is 11.6 Å². The Morgan fingerprint density at radius 2 is 2.00 bits per heavy atom. The minimum absolute atomic E-state index is 0.266. The summed E-state index contributed by atoms with van der Waals surface area (Å²) < 4.78 is 0. The van der Waals surface area contributed by atoms with Crippen molar-refractivity contribution >= 4 is 23.7 Å². The van der Waals surface area contributed by atoms with E-state index in [1.807, 2.05) is 29.2 Å². The van der Waals surface area contributed by atoms with E-state index in [1.165, 1.54) is 5.69 Å². The molecule has 1 saturated heterocycles. The molecule has 86 valence electrons. The molecule has 1 atom stereocenters. The lowest BCUT2D eigenvalue weighted by Gasteiger charge is -2.39. The van der Waals surface area contributed by atoms with E-state index < -0.39 is 0 Å². The van der Waals surface area contributed by atoms with Crippen molar-refractivity contribution < 1.29 is 4.79 Å². The van der Waals surface area contributed by atoms with Crippen LogP contribution in [0.2, 0.25) is 5.02 Å². The quantitative estimate of drug-likeness (QED) is 0.736. The van der Waals surface area contributed by atoms with E-state index in [4.69, 9.17) is 11.6 Å². The first-order valence-corrected chi connectivity index (χ1v) is 5.80. The molecule has 1 aromatic carbocycles. The van der Waals surface area contributed by atoms with Crippen LogP contribution in [0.4, 0.5) is 5.69 Å². The molecule has 0 saturated carbocycles. The van der Waals surface area contributed by atoms with Gasteiger partial charge < -0.3 is 9.80 Å². The molecule has 1 aromatic rings. The summed E-state index contributed by atoms with van der Waals surface area (Å²) in [4.78, 5) is 14.9. The number of carbonyl (C=O) groups is 1. The molecule has 0 spiro atoms. The number of piperazine rings is 1. The van der Waals surface area contributed by atoms with Crippen molar-refractivity contribution in [3.8, 4) is 0 Å². The Labute approximate surface area is 101 Å². The van der Waals surface area contributed by atoms with Crippen LogP contribution in [0.3, 0.4) is 0 Å². The summed E-state index contributed by atoms with van der Waals surface area (Å²) in [5.74, 6) is 0. The number of amides is 1. The number of hydrogen-bond donors (Lipinski definition) is 0. The van der Waals surface area contributed by atoms with E-state index in [9.17, 15) is 4.79 Å². The number of hydrogen-bond acceptors (Lipinski definition) is 2. The summed E-state index contributed by atoms with van der Waals surface area (Å²) in [6.07, 6.45) is 0.934. The zero-order chi connectivity index (χ0) is 11.5. The Hall–Kier alpha value is -1.22. The Morgan fingerprint density at radius 1 is 1.31 bits per heavy atom. The molecule has 1 aliphatic heterocycles. The van der Waals surface area contributed by atoms with E-state index in [-0.39, 0.29) is 6.04 Å². The van der Waals surface area contributed by atoms with Gasteiger partial charge in [-0.05, 0) is 31.2 Å². The van der Waals surface area contributed by atoms with Gasteiger partial charge >= 0.3 is 0 Å². The average Bonchev–Trinajstić information content (AvgIpc) is 2.30. The Morgan fingerprint density at radius 3 is 2.56 bits per heavy atom. The third-order valence-corrected chi connectivity index (χ3v) is 3.26. The monoisotopic (exact) mass is 238 g/mol. The molecule has 1 aliphatic rings. The molecular formula is C12H15ClN2O. The summed E-state index contributed by atoms with van der Waals surface area (Å²) in [6, 6.07) is 8.10. The normalized spacial score (nSPS) is 21.0. The summed E-state index contributed by atoms with van der Waals surface area (Å²) >= 11 is 5.85. The standard InChI is InChI=1S/C12H15ClN2O/c1-10-8-14(6-7-15(10)9-16)12-4-2-11(13)3-5-12/h2-5,9-10H,6-8H2,1H3. The lowest BCUT2D eigenvalue weighted by molar-refractivity contribution is -0.120. The van der Waals surface area contributed by atoms with Crippen molar-refractivity contribution in [3.05, 3.63) is 29.3 Å². The first kappa shape index (κ1) is 11.3. The molecule has 0 aromatic heterocycles. The van der Waals surface area contributed by atoms with Crippen LogP contribution in [0.5, 0.6) is 0 Å². The van der Waals surface area contributed by atoms with E-state index >= 15 is 0 Å². The third-order valence-electron chi connectivity index (χ3n) is 3.01. The molecule has 0 aliphatic carbocycles. The van der Waals surface area contributed by atoms with Crippen LogP contribution in [-0.2, 0) is 4.79 Å². The molecular weight excluding hydrogens is 224 g/mol. The van der Waals surface area contributed by atoms with E-state index in [2.05, 4.69) is 11.8 Å². The molecule has 3 nitrogen and oxygen atoms in total. The topological polar surface area (TPSA) is 23.6 Å². The summed E-state index contributed by atoms with van der Waals surface area (Å²) in [6.45, 7) is 4.61. The summed E-state index contributed by atoms with van der Waals surface area (Å²) in [5, 5.41) is 0.753. The second kappa shape index (κ2) is 4.74. The van der Waals surface area contributed by atoms with Gasteiger partial charge in [-0.2, -0.15) is 0 Å². The highest BCUT2D eigenvalue weighted by atomic mass is 35.5. The zero-order valence-corrected chi connectivity index (χ0v) is 10.0. The van der Waals surface area contributed by atoms with Crippen molar-refractivity contribution in [2.45, 2.75) is 13.0 Å². The lowest BCUT2D eigenvalue weighted by Crippen LogP contribution is -2.51. The fraction of sp³-hybridized carbons (Fsp3) is 0.417. The molecule has 4 heteroatoms. The highest BCUT2D eigenvalue weighted by Crippen LogP contribution is 2.20. The Balaban J connectivity index is 2.07. The molecule has 1 unspecified atom stereocenters. The molecule has 0 radical (unpaired) electrons. The van der Waals surface area contributed by atoms with Gasteiger partial charge in [0.05, 0.1) is 0 Å². The number of anilines is 1. The molecule has 1 fully saturated rings. The second-order valence-corrected chi connectivity index (χ2v) is 4.55. The third kappa shape index (κ3) is 2.30. The molecule has 1 heterocycles. The van der Waals surface area contributed by atoms with Crippen LogP contribution in [0.15, 0.2) is 24.3 Å². The van der Waals surface area contributed by atoms with Gasteiger partial charge in [0.25, 0.3) is 0 Å². The number of benzene rings is 1. The fourth-order valence-electron chi connectivity index (χ4n) is 2.01. The fourth-order valence-corrected chi connectivity index (χ4v) is 2.14. The number of halogens is 1. The SMILES string of the molecule is CC1CN(c2ccc(Cl)cc2)CCN1C=O. The average molecular weight is 239 g/mol. The van der Waals surface area contributed by atoms with Crippen LogP contribution in [0.25, 0.3) is 0 Å². The highest BCUT2D eigenvalue weighted by Gasteiger charge is 2.22. The second-order valence-electron chi connectivity index (χ2n) is 4.11. The van der Waals surface area contributed by atoms with Gasteiger partial charge in [0.15, 0.2) is 0 Å². The molecule has 16 heavy (non-hydrogen) atoms. The largest absolute Gasteiger partial charge is 0.368 e. The van der Waals surface area contributed by atoms with Gasteiger partial charge in [-0.15, -0.1) is 0 Å². The van der Waals surface area contributed by atoms with Gasteiger partial charge in [-0.3, -0.25) is 4.79 Å². The van der Waals surface area contributed by atoms with Crippen LogP contribution in [0, 0.1) is 0 Å². The van der Waals surface area contributed by atoms with Gasteiger partial charge in [0.1, 0.15) is 0 Å². The number of nitrogens with zero attached hydrogens (tertiary/aromatic N) is 2. The van der Waals surface area contributed by atoms with Gasteiger partial charge in [-0.25, -0.2) is 0 Å². The van der Waals surface area contributed by atoms with Crippen LogP contribution < -0.4 is 4.90 Å². The van der Waals surface area contributed by atoms with Gasteiger partial charge in [-0.1, -0.05) is 11.6 Å². The van der Waals surface area contributed by atoms with Crippen molar-refractivity contribution in [1.29, 1.82) is 0 Å². The maximum absolute atomic E-state index is 10.7. The van der Waals surface area contributed by atoms with E-state index in [0.717, 1.165) is 31.1 Å². The van der Waals surface area contributed by atoms with Crippen molar-refractivity contribution in [1.82, 2.24) is 4.90 Å².